The van der Waals surface area contributed by atoms with Gasteiger partial charge in [-0.2, -0.15) is 25.9 Å². The second kappa shape index (κ2) is 3.10. The SMILES string of the molecule is NS(=O)(=O)N1CCCC1C(F)(F)F. The standard InChI is InChI=1S/C5H9F3N2O2S/c6-5(7,8)4-2-1-3-10(4)13(9,11)12/h4H,1-3H2,(H2,9,11,12). The molecule has 1 unspecified atom stereocenters. The van der Waals surface area contributed by atoms with Gasteiger partial charge < -0.3 is 0 Å². The second-order valence-electron chi connectivity index (χ2n) is 2.86. The van der Waals surface area contributed by atoms with Gasteiger partial charge in [-0.1, -0.05) is 0 Å². The predicted octanol–water partition coefficient (Wildman–Crippen LogP) is 0.217. The first-order chi connectivity index (χ1) is 5.73. The summed E-state index contributed by atoms with van der Waals surface area (Å²) in [4.78, 5) is 0. The molecule has 78 valence electrons. The first kappa shape index (κ1) is 10.7. The lowest BCUT2D eigenvalue weighted by Gasteiger charge is -2.23. The van der Waals surface area contributed by atoms with E-state index in [4.69, 9.17) is 0 Å². The highest BCUT2D eigenvalue weighted by atomic mass is 32.2. The Morgan fingerprint density at radius 1 is 1.38 bits per heavy atom. The molecular formula is C5H9F3N2O2S. The Balaban J connectivity index is 2.89. The summed E-state index contributed by atoms with van der Waals surface area (Å²) in [5.74, 6) is 0. The van der Waals surface area contributed by atoms with E-state index in [1.165, 1.54) is 0 Å². The summed E-state index contributed by atoms with van der Waals surface area (Å²) in [5.41, 5.74) is 0. The Morgan fingerprint density at radius 2 is 1.92 bits per heavy atom. The summed E-state index contributed by atoms with van der Waals surface area (Å²) in [6, 6.07) is -1.94. The molecule has 1 saturated heterocycles. The zero-order chi connectivity index (χ0) is 10.3. The van der Waals surface area contributed by atoms with Gasteiger partial charge in [0, 0.05) is 6.54 Å². The molecule has 1 rings (SSSR count). The molecule has 1 atom stereocenters. The van der Waals surface area contributed by atoms with Crippen molar-refractivity contribution in [3.8, 4) is 0 Å². The molecule has 0 saturated carbocycles. The third-order valence-corrected chi connectivity index (χ3v) is 3.00. The first-order valence-corrected chi connectivity index (χ1v) is 5.09. The summed E-state index contributed by atoms with van der Waals surface area (Å²) in [6.45, 7) is -0.150. The number of hydrogen-bond acceptors (Lipinski definition) is 2. The number of nitrogens with two attached hydrogens (primary N) is 1. The molecule has 1 heterocycles. The molecule has 1 fully saturated rings. The zero-order valence-corrected chi connectivity index (χ0v) is 7.40. The summed E-state index contributed by atoms with van der Waals surface area (Å²) in [7, 11) is -4.22. The zero-order valence-electron chi connectivity index (χ0n) is 6.58. The average molecular weight is 218 g/mol. The van der Waals surface area contributed by atoms with Crippen LogP contribution in [0.25, 0.3) is 0 Å². The van der Waals surface area contributed by atoms with Gasteiger partial charge in [-0.25, -0.2) is 5.14 Å². The van der Waals surface area contributed by atoms with Crippen LogP contribution in [0.15, 0.2) is 0 Å². The topological polar surface area (TPSA) is 63.4 Å². The van der Waals surface area contributed by atoms with Gasteiger partial charge in [0.15, 0.2) is 0 Å². The van der Waals surface area contributed by atoms with E-state index in [1.54, 1.807) is 0 Å². The van der Waals surface area contributed by atoms with Gasteiger partial charge in [0.25, 0.3) is 10.2 Å². The lowest BCUT2D eigenvalue weighted by molar-refractivity contribution is -0.165. The number of halogens is 3. The maximum Gasteiger partial charge on any atom is 0.405 e. The fourth-order valence-corrected chi connectivity index (χ4v) is 2.34. The lowest BCUT2D eigenvalue weighted by atomic mass is 10.2. The van der Waals surface area contributed by atoms with Crippen LogP contribution < -0.4 is 5.14 Å². The molecule has 0 radical (unpaired) electrons. The van der Waals surface area contributed by atoms with Crippen molar-refractivity contribution < 1.29 is 21.6 Å². The molecule has 2 N–H and O–H groups in total. The van der Waals surface area contributed by atoms with Gasteiger partial charge >= 0.3 is 6.18 Å². The van der Waals surface area contributed by atoms with Gasteiger partial charge in [-0.15, -0.1) is 0 Å². The van der Waals surface area contributed by atoms with Crippen molar-refractivity contribution in [2.75, 3.05) is 6.54 Å². The van der Waals surface area contributed by atoms with Crippen molar-refractivity contribution >= 4 is 10.2 Å². The molecule has 0 aromatic heterocycles. The van der Waals surface area contributed by atoms with E-state index >= 15 is 0 Å². The van der Waals surface area contributed by atoms with Crippen molar-refractivity contribution in [3.05, 3.63) is 0 Å². The van der Waals surface area contributed by atoms with Crippen LogP contribution in [0.4, 0.5) is 13.2 Å². The number of alkyl halides is 3. The number of hydrogen-bond donors (Lipinski definition) is 1. The fraction of sp³-hybridized carbons (Fsp3) is 1.00. The monoisotopic (exact) mass is 218 g/mol. The van der Waals surface area contributed by atoms with Gasteiger partial charge in [0.2, 0.25) is 0 Å². The summed E-state index contributed by atoms with van der Waals surface area (Å²) < 4.78 is 58.2. The van der Waals surface area contributed by atoms with Crippen LogP contribution in [0.5, 0.6) is 0 Å². The maximum atomic E-state index is 12.2. The number of rotatable bonds is 1. The molecule has 1 aliphatic rings. The fourth-order valence-electron chi connectivity index (χ4n) is 1.37. The highest BCUT2D eigenvalue weighted by Crippen LogP contribution is 2.33. The minimum Gasteiger partial charge on any atom is -0.216 e. The van der Waals surface area contributed by atoms with Crippen molar-refractivity contribution in [2.24, 2.45) is 5.14 Å². The quantitative estimate of drug-likeness (QED) is 0.684. The van der Waals surface area contributed by atoms with Gasteiger partial charge in [0.05, 0.1) is 0 Å². The van der Waals surface area contributed by atoms with Crippen LogP contribution in [-0.4, -0.2) is 31.5 Å². The van der Waals surface area contributed by atoms with Crippen LogP contribution in [0.2, 0.25) is 0 Å². The van der Waals surface area contributed by atoms with Gasteiger partial charge in [-0.3, -0.25) is 0 Å². The molecule has 8 heteroatoms. The van der Waals surface area contributed by atoms with Crippen LogP contribution in [0.1, 0.15) is 12.8 Å². The Bertz CT molecular complexity index is 287. The second-order valence-corrected chi connectivity index (χ2v) is 4.35. The third kappa shape index (κ3) is 2.32. The van der Waals surface area contributed by atoms with Gasteiger partial charge in [0.1, 0.15) is 6.04 Å². The molecule has 1 aliphatic heterocycles. The van der Waals surface area contributed by atoms with Crippen molar-refractivity contribution in [1.29, 1.82) is 0 Å². The molecule has 4 nitrogen and oxygen atoms in total. The first-order valence-electron chi connectivity index (χ1n) is 3.59. The van der Waals surface area contributed by atoms with E-state index in [0.29, 0.717) is 4.31 Å². The van der Waals surface area contributed by atoms with Crippen LogP contribution >= 0.6 is 0 Å². The molecule has 0 amide bonds. The Hall–Kier alpha value is -0.340. The Kier molecular flexibility index (Phi) is 2.56. The van der Waals surface area contributed by atoms with Crippen molar-refractivity contribution in [1.82, 2.24) is 4.31 Å². The van der Waals surface area contributed by atoms with E-state index in [9.17, 15) is 21.6 Å². The van der Waals surface area contributed by atoms with E-state index in [-0.39, 0.29) is 19.4 Å². The predicted molar refractivity (Wildman–Crippen MR) is 38.9 cm³/mol. The summed E-state index contributed by atoms with van der Waals surface area (Å²) >= 11 is 0. The molecule has 0 spiro atoms. The van der Waals surface area contributed by atoms with Crippen LogP contribution in [0.3, 0.4) is 0 Å². The van der Waals surface area contributed by atoms with E-state index in [2.05, 4.69) is 5.14 Å². The van der Waals surface area contributed by atoms with E-state index < -0.39 is 22.4 Å². The molecular weight excluding hydrogens is 209 g/mol. The Morgan fingerprint density at radius 3 is 2.23 bits per heavy atom. The van der Waals surface area contributed by atoms with Gasteiger partial charge in [-0.05, 0) is 12.8 Å². The summed E-state index contributed by atoms with van der Waals surface area (Å²) in [5, 5.41) is 4.63. The van der Waals surface area contributed by atoms with E-state index in [0.717, 1.165) is 0 Å². The average Bonchev–Trinajstić information content (AvgIpc) is 2.27. The minimum absolute atomic E-state index is 0.150. The van der Waals surface area contributed by atoms with Crippen LogP contribution in [-0.2, 0) is 10.2 Å². The van der Waals surface area contributed by atoms with Crippen molar-refractivity contribution in [2.45, 2.75) is 25.1 Å². The lowest BCUT2D eigenvalue weighted by Crippen LogP contribution is -2.47. The highest BCUT2D eigenvalue weighted by Gasteiger charge is 2.49. The molecule has 13 heavy (non-hydrogen) atoms. The highest BCUT2D eigenvalue weighted by molar-refractivity contribution is 7.86. The molecule has 0 aromatic rings. The van der Waals surface area contributed by atoms with E-state index in [1.807, 2.05) is 0 Å². The minimum atomic E-state index is -4.52. The maximum absolute atomic E-state index is 12.2. The Labute approximate surface area is 73.7 Å². The largest absolute Gasteiger partial charge is 0.405 e. The number of nitrogens with zero attached hydrogens (tertiary/aromatic N) is 1. The molecule has 0 aromatic carbocycles. The third-order valence-electron chi connectivity index (χ3n) is 1.91. The normalized spacial score (nSPS) is 26.6. The van der Waals surface area contributed by atoms with Crippen molar-refractivity contribution in [3.63, 3.8) is 0 Å². The molecule has 0 bridgehead atoms. The van der Waals surface area contributed by atoms with Crippen LogP contribution in [0, 0.1) is 0 Å². The summed E-state index contributed by atoms with van der Waals surface area (Å²) in [6.07, 6.45) is -4.54. The smallest absolute Gasteiger partial charge is 0.216 e. The molecule has 0 aliphatic carbocycles.